The highest BCUT2D eigenvalue weighted by Crippen LogP contribution is 2.30. The fourth-order valence-corrected chi connectivity index (χ4v) is 2.63. The summed E-state index contributed by atoms with van der Waals surface area (Å²) in [5.74, 6) is 0.935. The van der Waals surface area contributed by atoms with Gasteiger partial charge in [-0.05, 0) is 30.9 Å². The van der Waals surface area contributed by atoms with Gasteiger partial charge in [0.15, 0.2) is 5.78 Å². The van der Waals surface area contributed by atoms with E-state index in [4.69, 9.17) is 0 Å². The first-order valence-electron chi connectivity index (χ1n) is 6.35. The standard InChI is InChI=1S/C15H17NO/c1-11(17)15-9-13-7-2-3-8-14(13)16(15)10-12-5-4-6-12/h2-3,7-9,12H,4-6,10H2,1H3. The lowest BCUT2D eigenvalue weighted by Crippen LogP contribution is -2.20. The van der Waals surface area contributed by atoms with E-state index >= 15 is 0 Å². The first kappa shape index (κ1) is 10.6. The summed E-state index contributed by atoms with van der Waals surface area (Å²) >= 11 is 0. The molecule has 88 valence electrons. The minimum atomic E-state index is 0.167. The van der Waals surface area contributed by atoms with Crippen LogP contribution in [0.25, 0.3) is 10.9 Å². The highest BCUT2D eigenvalue weighted by molar-refractivity contribution is 5.98. The molecule has 0 amide bonds. The molecule has 0 radical (unpaired) electrons. The molecular weight excluding hydrogens is 210 g/mol. The van der Waals surface area contributed by atoms with Crippen molar-refractivity contribution in [3.8, 4) is 0 Å². The molecule has 1 aliphatic carbocycles. The Bertz CT molecular complexity index is 563. The van der Waals surface area contributed by atoms with Crippen molar-refractivity contribution in [2.45, 2.75) is 32.7 Å². The highest BCUT2D eigenvalue weighted by atomic mass is 16.1. The third-order valence-corrected chi connectivity index (χ3v) is 3.84. The molecule has 1 fully saturated rings. The number of para-hydroxylation sites is 1. The van der Waals surface area contributed by atoms with Crippen molar-refractivity contribution in [3.63, 3.8) is 0 Å². The van der Waals surface area contributed by atoms with Gasteiger partial charge >= 0.3 is 0 Å². The number of carbonyl (C=O) groups excluding carboxylic acids is 1. The number of nitrogens with zero attached hydrogens (tertiary/aromatic N) is 1. The van der Waals surface area contributed by atoms with Crippen LogP contribution in [0.4, 0.5) is 0 Å². The van der Waals surface area contributed by atoms with Gasteiger partial charge in [-0.2, -0.15) is 0 Å². The summed E-state index contributed by atoms with van der Waals surface area (Å²) in [6.45, 7) is 2.66. The third-order valence-electron chi connectivity index (χ3n) is 3.84. The summed E-state index contributed by atoms with van der Waals surface area (Å²) < 4.78 is 2.21. The molecule has 0 unspecified atom stereocenters. The summed E-state index contributed by atoms with van der Waals surface area (Å²) in [5, 5.41) is 1.18. The lowest BCUT2D eigenvalue weighted by atomic mass is 9.85. The largest absolute Gasteiger partial charge is 0.338 e. The Kier molecular flexibility index (Phi) is 2.50. The predicted molar refractivity (Wildman–Crippen MR) is 69.3 cm³/mol. The van der Waals surface area contributed by atoms with Crippen molar-refractivity contribution in [2.75, 3.05) is 0 Å². The monoisotopic (exact) mass is 227 g/mol. The van der Waals surface area contributed by atoms with Gasteiger partial charge in [-0.15, -0.1) is 0 Å². The fraction of sp³-hybridized carbons (Fsp3) is 0.400. The van der Waals surface area contributed by atoms with E-state index in [1.54, 1.807) is 6.92 Å². The summed E-state index contributed by atoms with van der Waals surface area (Å²) in [7, 11) is 0. The molecule has 2 heteroatoms. The molecule has 3 rings (SSSR count). The average Bonchev–Trinajstić information content (AvgIpc) is 2.62. The molecule has 0 bridgehead atoms. The van der Waals surface area contributed by atoms with E-state index in [0.29, 0.717) is 0 Å². The molecule has 0 saturated heterocycles. The number of aromatic nitrogens is 1. The fourth-order valence-electron chi connectivity index (χ4n) is 2.63. The van der Waals surface area contributed by atoms with Crippen molar-refractivity contribution in [3.05, 3.63) is 36.0 Å². The second kappa shape index (κ2) is 4.02. The van der Waals surface area contributed by atoms with Gasteiger partial charge in [0.05, 0.1) is 5.69 Å². The lowest BCUT2D eigenvalue weighted by Gasteiger charge is -2.26. The van der Waals surface area contributed by atoms with E-state index in [2.05, 4.69) is 16.7 Å². The molecule has 1 saturated carbocycles. The first-order valence-corrected chi connectivity index (χ1v) is 6.35. The Morgan fingerprint density at radius 3 is 2.76 bits per heavy atom. The van der Waals surface area contributed by atoms with Crippen LogP contribution in [0, 0.1) is 5.92 Å². The topological polar surface area (TPSA) is 22.0 Å². The Hall–Kier alpha value is -1.57. The smallest absolute Gasteiger partial charge is 0.176 e. The van der Waals surface area contributed by atoms with Crippen LogP contribution in [0.5, 0.6) is 0 Å². The first-order chi connectivity index (χ1) is 8.25. The third kappa shape index (κ3) is 1.78. The van der Waals surface area contributed by atoms with Gasteiger partial charge in [0, 0.05) is 24.4 Å². The van der Waals surface area contributed by atoms with Crippen LogP contribution in [-0.2, 0) is 6.54 Å². The second-order valence-corrected chi connectivity index (χ2v) is 5.05. The summed E-state index contributed by atoms with van der Waals surface area (Å²) in [6.07, 6.45) is 3.97. The van der Waals surface area contributed by atoms with Gasteiger partial charge in [0.1, 0.15) is 0 Å². The number of ketones is 1. The Balaban J connectivity index is 2.10. The summed E-state index contributed by atoms with van der Waals surface area (Å²) in [6, 6.07) is 10.3. The number of fused-ring (bicyclic) bond motifs is 1. The zero-order chi connectivity index (χ0) is 11.8. The summed E-state index contributed by atoms with van der Waals surface area (Å²) in [5.41, 5.74) is 2.06. The SMILES string of the molecule is CC(=O)c1cc2ccccc2n1CC1CCC1. The zero-order valence-corrected chi connectivity index (χ0v) is 10.1. The summed E-state index contributed by atoms with van der Waals surface area (Å²) in [4.78, 5) is 11.7. The molecule has 17 heavy (non-hydrogen) atoms. The van der Waals surface area contributed by atoms with Crippen LogP contribution in [0.2, 0.25) is 0 Å². The van der Waals surface area contributed by atoms with Crippen LogP contribution in [0.3, 0.4) is 0 Å². The number of Topliss-reactive ketones (excluding diaryl/α,β-unsaturated/α-hetero) is 1. The van der Waals surface area contributed by atoms with Crippen LogP contribution in [-0.4, -0.2) is 10.4 Å². The van der Waals surface area contributed by atoms with Crippen molar-refractivity contribution in [1.82, 2.24) is 4.57 Å². The van der Waals surface area contributed by atoms with Gasteiger partial charge in [-0.1, -0.05) is 24.6 Å². The minimum Gasteiger partial charge on any atom is -0.338 e. The van der Waals surface area contributed by atoms with Crippen molar-refractivity contribution in [2.24, 2.45) is 5.92 Å². The Morgan fingerprint density at radius 2 is 2.12 bits per heavy atom. The maximum absolute atomic E-state index is 11.7. The molecule has 0 atom stereocenters. The van der Waals surface area contributed by atoms with Crippen molar-refractivity contribution >= 4 is 16.7 Å². The number of hydrogen-bond donors (Lipinski definition) is 0. The highest BCUT2D eigenvalue weighted by Gasteiger charge is 2.21. The molecule has 0 N–H and O–H groups in total. The van der Waals surface area contributed by atoms with E-state index in [9.17, 15) is 4.79 Å². The molecule has 2 aromatic rings. The normalized spacial score (nSPS) is 16.1. The van der Waals surface area contributed by atoms with Gasteiger partial charge in [-0.3, -0.25) is 4.79 Å². The molecule has 1 aromatic heterocycles. The predicted octanol–water partition coefficient (Wildman–Crippen LogP) is 3.64. The molecule has 0 aliphatic heterocycles. The maximum Gasteiger partial charge on any atom is 0.176 e. The van der Waals surface area contributed by atoms with E-state index in [1.165, 1.54) is 30.2 Å². The lowest BCUT2D eigenvalue weighted by molar-refractivity contribution is 0.100. The number of carbonyl (C=O) groups is 1. The molecule has 1 heterocycles. The van der Waals surface area contributed by atoms with E-state index in [-0.39, 0.29) is 5.78 Å². The average molecular weight is 227 g/mol. The van der Waals surface area contributed by atoms with Crippen LogP contribution in [0.1, 0.15) is 36.7 Å². The quantitative estimate of drug-likeness (QED) is 0.734. The molecule has 1 aliphatic rings. The van der Waals surface area contributed by atoms with Crippen molar-refractivity contribution < 1.29 is 4.79 Å². The maximum atomic E-state index is 11.7. The Labute approximate surface area is 101 Å². The van der Waals surface area contributed by atoms with Gasteiger partial charge < -0.3 is 4.57 Å². The molecule has 2 nitrogen and oxygen atoms in total. The zero-order valence-electron chi connectivity index (χ0n) is 10.1. The molecule has 1 aromatic carbocycles. The van der Waals surface area contributed by atoms with Gasteiger partial charge in [0.2, 0.25) is 0 Å². The van der Waals surface area contributed by atoms with E-state index in [1.807, 2.05) is 18.2 Å². The van der Waals surface area contributed by atoms with Gasteiger partial charge in [0.25, 0.3) is 0 Å². The van der Waals surface area contributed by atoms with Crippen LogP contribution < -0.4 is 0 Å². The Morgan fingerprint density at radius 1 is 1.35 bits per heavy atom. The van der Waals surface area contributed by atoms with Crippen LogP contribution in [0.15, 0.2) is 30.3 Å². The number of rotatable bonds is 3. The van der Waals surface area contributed by atoms with E-state index in [0.717, 1.165) is 18.2 Å². The number of benzene rings is 1. The van der Waals surface area contributed by atoms with Gasteiger partial charge in [-0.25, -0.2) is 0 Å². The minimum absolute atomic E-state index is 0.167. The van der Waals surface area contributed by atoms with Crippen molar-refractivity contribution in [1.29, 1.82) is 0 Å². The van der Waals surface area contributed by atoms with E-state index < -0.39 is 0 Å². The molecular formula is C15H17NO. The van der Waals surface area contributed by atoms with Crippen LogP contribution >= 0.6 is 0 Å². The number of hydrogen-bond acceptors (Lipinski definition) is 1. The molecule has 0 spiro atoms. The second-order valence-electron chi connectivity index (χ2n) is 5.05.